The molecule has 1 heterocycles. The molecule has 1 N–H and O–H groups in total. The minimum atomic E-state index is -0.383. The molecule has 0 aromatic carbocycles. The first-order valence-corrected chi connectivity index (χ1v) is 6.43. The van der Waals surface area contributed by atoms with Gasteiger partial charge in [0.15, 0.2) is 0 Å². The van der Waals surface area contributed by atoms with Crippen molar-refractivity contribution < 1.29 is 4.92 Å². The lowest BCUT2D eigenvalue weighted by atomic mass is 9.78. The number of anilines is 1. The molecule has 6 nitrogen and oxygen atoms in total. The first kappa shape index (κ1) is 12.9. The Morgan fingerprint density at radius 2 is 2.22 bits per heavy atom. The lowest BCUT2D eigenvalue weighted by Crippen LogP contribution is -2.35. The van der Waals surface area contributed by atoms with E-state index in [0.717, 1.165) is 6.42 Å². The van der Waals surface area contributed by atoms with Crippen molar-refractivity contribution in [3.8, 4) is 0 Å². The van der Waals surface area contributed by atoms with Crippen LogP contribution in [0.25, 0.3) is 0 Å². The molecule has 1 saturated carbocycles. The summed E-state index contributed by atoms with van der Waals surface area (Å²) in [5, 5.41) is 18.3. The number of aryl methyl sites for hydroxylation is 1. The Bertz CT molecular complexity index is 443. The van der Waals surface area contributed by atoms with Crippen molar-refractivity contribution in [3.63, 3.8) is 0 Å². The largest absolute Gasteiger partial charge is 0.360 e. The van der Waals surface area contributed by atoms with Crippen LogP contribution < -0.4 is 5.32 Å². The molecule has 2 rings (SSSR count). The quantitative estimate of drug-likeness (QED) is 0.662. The number of rotatable bonds is 3. The summed E-state index contributed by atoms with van der Waals surface area (Å²) >= 11 is 0. The van der Waals surface area contributed by atoms with E-state index in [4.69, 9.17) is 0 Å². The topological polar surface area (TPSA) is 73.0 Å². The monoisotopic (exact) mass is 252 g/mol. The Kier molecular flexibility index (Phi) is 3.54. The van der Waals surface area contributed by atoms with Gasteiger partial charge in [0.1, 0.15) is 6.20 Å². The Morgan fingerprint density at radius 1 is 1.50 bits per heavy atom. The van der Waals surface area contributed by atoms with Gasteiger partial charge in [-0.25, -0.2) is 0 Å². The molecule has 1 aromatic rings. The fourth-order valence-electron chi connectivity index (χ4n) is 2.67. The molecule has 18 heavy (non-hydrogen) atoms. The normalized spacial score (nSPS) is 28.1. The fourth-order valence-corrected chi connectivity index (χ4v) is 2.67. The third-order valence-corrected chi connectivity index (χ3v) is 4.04. The van der Waals surface area contributed by atoms with E-state index in [1.54, 1.807) is 7.05 Å². The van der Waals surface area contributed by atoms with Crippen LogP contribution in [-0.2, 0) is 7.05 Å². The number of hydrogen-bond donors (Lipinski definition) is 1. The lowest BCUT2D eigenvalue weighted by Gasteiger charge is -2.34. The van der Waals surface area contributed by atoms with E-state index in [-0.39, 0.29) is 16.7 Å². The van der Waals surface area contributed by atoms with E-state index >= 15 is 0 Å². The van der Waals surface area contributed by atoms with Crippen molar-refractivity contribution in [2.45, 2.75) is 39.2 Å². The number of hydrogen-bond acceptors (Lipinski definition) is 4. The zero-order valence-corrected chi connectivity index (χ0v) is 11.1. The average Bonchev–Trinajstić information content (AvgIpc) is 2.66. The highest BCUT2D eigenvalue weighted by Crippen LogP contribution is 2.33. The molecular formula is C12H20N4O2. The number of aromatic nitrogens is 2. The molecule has 0 saturated heterocycles. The van der Waals surface area contributed by atoms with E-state index in [2.05, 4.69) is 24.3 Å². The van der Waals surface area contributed by atoms with Crippen LogP contribution in [0, 0.1) is 22.0 Å². The van der Waals surface area contributed by atoms with Crippen LogP contribution >= 0.6 is 0 Å². The maximum absolute atomic E-state index is 10.9. The zero-order chi connectivity index (χ0) is 13.3. The van der Waals surface area contributed by atoms with Crippen molar-refractivity contribution in [2.75, 3.05) is 5.32 Å². The molecule has 6 heteroatoms. The molecule has 100 valence electrons. The molecule has 1 aliphatic carbocycles. The first-order valence-electron chi connectivity index (χ1n) is 6.43. The predicted molar refractivity (Wildman–Crippen MR) is 69.5 cm³/mol. The third-order valence-electron chi connectivity index (χ3n) is 4.04. The van der Waals surface area contributed by atoms with Crippen molar-refractivity contribution >= 4 is 11.5 Å². The number of nitrogens with one attached hydrogen (secondary N) is 1. The minimum Gasteiger partial charge on any atom is -0.360 e. The van der Waals surface area contributed by atoms with Gasteiger partial charge >= 0.3 is 5.69 Å². The van der Waals surface area contributed by atoms with Gasteiger partial charge in [-0.05, 0) is 18.3 Å². The second-order valence-electron chi connectivity index (χ2n) is 5.31. The van der Waals surface area contributed by atoms with Crippen molar-refractivity contribution in [2.24, 2.45) is 18.9 Å². The smallest absolute Gasteiger partial charge is 0.330 e. The summed E-state index contributed by atoms with van der Waals surface area (Å²) in [4.78, 5) is 10.6. The van der Waals surface area contributed by atoms with Gasteiger partial charge in [0.05, 0.1) is 4.92 Å². The summed E-state index contributed by atoms with van der Waals surface area (Å²) in [6.07, 6.45) is 4.91. The van der Waals surface area contributed by atoms with E-state index in [0.29, 0.717) is 17.7 Å². The minimum absolute atomic E-state index is 0.0583. The number of nitro groups is 1. The van der Waals surface area contributed by atoms with Crippen molar-refractivity contribution in [1.82, 2.24) is 9.78 Å². The molecule has 0 aliphatic heterocycles. The van der Waals surface area contributed by atoms with Crippen LogP contribution in [0.4, 0.5) is 11.5 Å². The van der Waals surface area contributed by atoms with Gasteiger partial charge in [0, 0.05) is 13.1 Å². The van der Waals surface area contributed by atoms with Crippen LogP contribution in [-0.4, -0.2) is 20.7 Å². The summed E-state index contributed by atoms with van der Waals surface area (Å²) in [6, 6.07) is 0.280. The summed E-state index contributed by atoms with van der Waals surface area (Å²) in [7, 11) is 1.70. The maximum Gasteiger partial charge on any atom is 0.330 e. The van der Waals surface area contributed by atoms with Crippen LogP contribution in [0.15, 0.2) is 6.20 Å². The van der Waals surface area contributed by atoms with Gasteiger partial charge in [-0.3, -0.25) is 14.8 Å². The fraction of sp³-hybridized carbons (Fsp3) is 0.750. The molecule has 1 aromatic heterocycles. The molecule has 3 atom stereocenters. The van der Waals surface area contributed by atoms with E-state index < -0.39 is 0 Å². The number of nitrogens with zero attached hydrogens (tertiary/aromatic N) is 3. The highest BCUT2D eigenvalue weighted by atomic mass is 16.6. The van der Waals surface area contributed by atoms with Crippen molar-refractivity contribution in [1.29, 1.82) is 0 Å². The van der Waals surface area contributed by atoms with Crippen LogP contribution in [0.5, 0.6) is 0 Å². The standard InChI is InChI=1S/C12H20N4O2/c1-8-5-4-6-10(9(8)2)13-12-11(16(17)18)7-15(3)14-12/h7-10H,4-6H2,1-3H3,(H,13,14). The van der Waals surface area contributed by atoms with E-state index in [1.165, 1.54) is 23.7 Å². The lowest BCUT2D eigenvalue weighted by molar-refractivity contribution is -0.384. The SMILES string of the molecule is CC1CCCC(Nc2nn(C)cc2[N+](=O)[O-])C1C. The zero-order valence-electron chi connectivity index (χ0n) is 11.1. The van der Waals surface area contributed by atoms with Crippen LogP contribution in [0.1, 0.15) is 33.1 Å². The van der Waals surface area contributed by atoms with Crippen molar-refractivity contribution in [3.05, 3.63) is 16.3 Å². The first-order chi connectivity index (χ1) is 8.49. The average molecular weight is 252 g/mol. The molecule has 1 aliphatic rings. The Hall–Kier alpha value is -1.59. The molecule has 0 bridgehead atoms. The highest BCUT2D eigenvalue weighted by molar-refractivity contribution is 5.55. The Balaban J connectivity index is 2.15. The summed E-state index contributed by atoms with van der Waals surface area (Å²) in [5.74, 6) is 1.56. The van der Waals surface area contributed by atoms with Gasteiger partial charge in [-0.2, -0.15) is 0 Å². The van der Waals surface area contributed by atoms with Crippen LogP contribution in [0.2, 0.25) is 0 Å². The molecule has 0 radical (unpaired) electrons. The summed E-state index contributed by atoms with van der Waals surface area (Å²) < 4.78 is 1.48. The van der Waals surface area contributed by atoms with E-state index in [1.807, 2.05) is 0 Å². The third kappa shape index (κ3) is 2.47. The van der Waals surface area contributed by atoms with Gasteiger partial charge < -0.3 is 5.32 Å². The predicted octanol–water partition coefficient (Wildman–Crippen LogP) is 2.56. The summed E-state index contributed by atoms with van der Waals surface area (Å²) in [6.45, 7) is 4.45. The highest BCUT2D eigenvalue weighted by Gasteiger charge is 2.29. The Labute approximate surface area is 107 Å². The molecule has 0 spiro atoms. The maximum atomic E-state index is 10.9. The Morgan fingerprint density at radius 3 is 2.89 bits per heavy atom. The van der Waals surface area contributed by atoms with Gasteiger partial charge in [-0.15, -0.1) is 5.10 Å². The van der Waals surface area contributed by atoms with Gasteiger partial charge in [0.2, 0.25) is 5.82 Å². The molecule has 1 fully saturated rings. The second-order valence-corrected chi connectivity index (χ2v) is 5.31. The van der Waals surface area contributed by atoms with Gasteiger partial charge in [0.25, 0.3) is 0 Å². The molecule has 0 amide bonds. The summed E-state index contributed by atoms with van der Waals surface area (Å²) in [5.41, 5.74) is 0.0583. The second kappa shape index (κ2) is 4.96. The molecule has 3 unspecified atom stereocenters. The van der Waals surface area contributed by atoms with E-state index in [9.17, 15) is 10.1 Å². The van der Waals surface area contributed by atoms with Gasteiger partial charge in [-0.1, -0.05) is 26.7 Å². The molecular weight excluding hydrogens is 232 g/mol. The van der Waals surface area contributed by atoms with Crippen LogP contribution in [0.3, 0.4) is 0 Å².